The molecule has 0 saturated carbocycles. The van der Waals surface area contributed by atoms with Gasteiger partial charge in [-0.25, -0.2) is 0 Å². The van der Waals surface area contributed by atoms with Crippen molar-refractivity contribution in [2.75, 3.05) is 6.61 Å². The van der Waals surface area contributed by atoms with Crippen molar-refractivity contribution >= 4 is 5.97 Å². The molecule has 0 spiro atoms. The third-order valence-electron chi connectivity index (χ3n) is 2.74. The predicted octanol–water partition coefficient (Wildman–Crippen LogP) is 2.72. The van der Waals surface area contributed by atoms with Gasteiger partial charge in [0.2, 0.25) is 0 Å². The SMILES string of the molecule is CCCOC(=O)CC(C)(C)c1cc(O)cc(O)c1. The van der Waals surface area contributed by atoms with Crippen LogP contribution in [0.1, 0.15) is 39.2 Å². The summed E-state index contributed by atoms with van der Waals surface area (Å²) in [5.41, 5.74) is 0.203. The van der Waals surface area contributed by atoms with Crippen LogP contribution in [0.15, 0.2) is 18.2 Å². The van der Waals surface area contributed by atoms with E-state index in [-0.39, 0.29) is 23.9 Å². The molecule has 0 radical (unpaired) electrons. The van der Waals surface area contributed by atoms with Gasteiger partial charge in [-0.05, 0) is 24.1 Å². The van der Waals surface area contributed by atoms with Gasteiger partial charge in [0.05, 0.1) is 13.0 Å². The van der Waals surface area contributed by atoms with Crippen molar-refractivity contribution in [3.8, 4) is 11.5 Å². The summed E-state index contributed by atoms with van der Waals surface area (Å²) in [6.07, 6.45) is 0.995. The highest BCUT2D eigenvalue weighted by Crippen LogP contribution is 2.32. The summed E-state index contributed by atoms with van der Waals surface area (Å²) in [5.74, 6) is -0.301. The molecule has 0 fully saturated rings. The number of aromatic hydroxyl groups is 2. The van der Waals surface area contributed by atoms with Gasteiger partial charge in [-0.15, -0.1) is 0 Å². The third-order valence-corrected chi connectivity index (χ3v) is 2.74. The molecule has 0 saturated heterocycles. The Morgan fingerprint density at radius 2 is 1.78 bits per heavy atom. The summed E-state index contributed by atoms with van der Waals surface area (Å²) in [7, 11) is 0. The molecule has 0 amide bonds. The zero-order valence-corrected chi connectivity index (χ0v) is 11.1. The molecule has 0 aromatic heterocycles. The maximum absolute atomic E-state index is 11.6. The number of hydrogen-bond acceptors (Lipinski definition) is 4. The third kappa shape index (κ3) is 3.95. The van der Waals surface area contributed by atoms with Crippen LogP contribution < -0.4 is 0 Å². The lowest BCUT2D eigenvalue weighted by molar-refractivity contribution is -0.144. The number of esters is 1. The summed E-state index contributed by atoms with van der Waals surface area (Å²) >= 11 is 0. The Morgan fingerprint density at radius 1 is 1.22 bits per heavy atom. The maximum atomic E-state index is 11.6. The van der Waals surface area contributed by atoms with Crippen LogP contribution >= 0.6 is 0 Å². The number of phenolic OH excluding ortho intramolecular Hbond substituents is 2. The number of phenols is 2. The molecule has 1 aromatic rings. The Labute approximate surface area is 107 Å². The molecular formula is C14H20O4. The standard InChI is InChI=1S/C14H20O4/c1-4-5-18-13(17)9-14(2,3)10-6-11(15)8-12(16)7-10/h6-8,15-16H,4-5,9H2,1-3H3. The van der Waals surface area contributed by atoms with Crippen LogP contribution in [0, 0.1) is 0 Å². The van der Waals surface area contributed by atoms with E-state index in [4.69, 9.17) is 4.74 Å². The van der Waals surface area contributed by atoms with Crippen LogP contribution in [0.2, 0.25) is 0 Å². The quantitative estimate of drug-likeness (QED) is 0.791. The Hall–Kier alpha value is -1.71. The molecule has 1 aromatic carbocycles. The van der Waals surface area contributed by atoms with E-state index in [1.165, 1.54) is 6.07 Å². The zero-order chi connectivity index (χ0) is 13.8. The van der Waals surface area contributed by atoms with Crippen molar-refractivity contribution in [2.45, 2.75) is 39.0 Å². The van der Waals surface area contributed by atoms with Gasteiger partial charge in [-0.2, -0.15) is 0 Å². The lowest BCUT2D eigenvalue weighted by atomic mass is 9.81. The largest absolute Gasteiger partial charge is 0.508 e. The average Bonchev–Trinajstić information content (AvgIpc) is 2.24. The number of carbonyl (C=O) groups is 1. The Morgan fingerprint density at radius 3 is 2.28 bits per heavy atom. The number of carbonyl (C=O) groups excluding carboxylic acids is 1. The smallest absolute Gasteiger partial charge is 0.306 e. The molecule has 0 aliphatic heterocycles. The highest BCUT2D eigenvalue weighted by molar-refractivity contribution is 5.71. The highest BCUT2D eigenvalue weighted by atomic mass is 16.5. The van der Waals surface area contributed by atoms with Crippen LogP contribution in [-0.4, -0.2) is 22.8 Å². The van der Waals surface area contributed by atoms with E-state index in [1.54, 1.807) is 12.1 Å². The monoisotopic (exact) mass is 252 g/mol. The number of rotatable bonds is 5. The van der Waals surface area contributed by atoms with Crippen molar-refractivity contribution in [3.05, 3.63) is 23.8 Å². The minimum absolute atomic E-state index is 0.0139. The topological polar surface area (TPSA) is 66.8 Å². The van der Waals surface area contributed by atoms with Crippen LogP contribution in [0.3, 0.4) is 0 Å². The fourth-order valence-electron chi connectivity index (χ4n) is 1.72. The minimum Gasteiger partial charge on any atom is -0.508 e. The van der Waals surface area contributed by atoms with Gasteiger partial charge in [0.15, 0.2) is 0 Å². The summed E-state index contributed by atoms with van der Waals surface area (Å²) in [4.78, 5) is 11.6. The van der Waals surface area contributed by atoms with Crippen molar-refractivity contribution < 1.29 is 19.7 Å². The second-order valence-corrected chi connectivity index (χ2v) is 5.02. The molecule has 0 aliphatic rings. The maximum Gasteiger partial charge on any atom is 0.306 e. The van der Waals surface area contributed by atoms with E-state index in [9.17, 15) is 15.0 Å². The summed E-state index contributed by atoms with van der Waals surface area (Å²) in [5, 5.41) is 18.9. The van der Waals surface area contributed by atoms with Crippen LogP contribution in [-0.2, 0) is 14.9 Å². The second-order valence-electron chi connectivity index (χ2n) is 5.02. The van der Waals surface area contributed by atoms with Crippen LogP contribution in [0.5, 0.6) is 11.5 Å². The van der Waals surface area contributed by atoms with Crippen molar-refractivity contribution in [1.82, 2.24) is 0 Å². The van der Waals surface area contributed by atoms with Gasteiger partial charge in [0, 0.05) is 11.5 Å². The first kappa shape index (κ1) is 14.4. The summed E-state index contributed by atoms with van der Waals surface area (Å²) in [6.45, 7) is 6.09. The number of benzene rings is 1. The van der Waals surface area contributed by atoms with E-state index in [1.807, 2.05) is 20.8 Å². The average molecular weight is 252 g/mol. The van der Waals surface area contributed by atoms with Gasteiger partial charge in [0.25, 0.3) is 0 Å². The molecule has 100 valence electrons. The van der Waals surface area contributed by atoms with E-state index in [2.05, 4.69) is 0 Å². The van der Waals surface area contributed by atoms with Gasteiger partial charge in [0.1, 0.15) is 11.5 Å². The van der Waals surface area contributed by atoms with Crippen LogP contribution in [0.25, 0.3) is 0 Å². The summed E-state index contributed by atoms with van der Waals surface area (Å²) in [6, 6.07) is 4.36. The first-order valence-electron chi connectivity index (χ1n) is 6.04. The van der Waals surface area contributed by atoms with Gasteiger partial charge in [-0.1, -0.05) is 20.8 Å². The van der Waals surface area contributed by atoms with Gasteiger partial charge < -0.3 is 14.9 Å². The molecule has 1 rings (SSSR count). The van der Waals surface area contributed by atoms with Gasteiger partial charge >= 0.3 is 5.97 Å². The predicted molar refractivity (Wildman–Crippen MR) is 68.7 cm³/mol. The highest BCUT2D eigenvalue weighted by Gasteiger charge is 2.26. The lowest BCUT2D eigenvalue weighted by Crippen LogP contribution is -2.23. The molecule has 0 aliphatic carbocycles. The fourth-order valence-corrected chi connectivity index (χ4v) is 1.72. The molecule has 4 nitrogen and oxygen atoms in total. The molecule has 0 heterocycles. The van der Waals surface area contributed by atoms with E-state index in [0.29, 0.717) is 12.2 Å². The number of ether oxygens (including phenoxy) is 1. The molecule has 0 atom stereocenters. The van der Waals surface area contributed by atoms with E-state index < -0.39 is 5.41 Å². The minimum atomic E-state index is -0.499. The van der Waals surface area contributed by atoms with Crippen molar-refractivity contribution in [2.24, 2.45) is 0 Å². The Bertz CT molecular complexity index is 404. The second kappa shape index (κ2) is 5.76. The molecule has 4 heteroatoms. The Kier molecular flexibility index (Phi) is 4.59. The summed E-state index contributed by atoms with van der Waals surface area (Å²) < 4.78 is 5.05. The van der Waals surface area contributed by atoms with Gasteiger partial charge in [-0.3, -0.25) is 4.79 Å². The molecule has 2 N–H and O–H groups in total. The van der Waals surface area contributed by atoms with Crippen LogP contribution in [0.4, 0.5) is 0 Å². The fraction of sp³-hybridized carbons (Fsp3) is 0.500. The molecule has 0 bridgehead atoms. The molecular weight excluding hydrogens is 232 g/mol. The Balaban J connectivity index is 2.81. The van der Waals surface area contributed by atoms with E-state index in [0.717, 1.165) is 6.42 Å². The van der Waals surface area contributed by atoms with Crippen molar-refractivity contribution in [3.63, 3.8) is 0 Å². The molecule has 18 heavy (non-hydrogen) atoms. The van der Waals surface area contributed by atoms with Crippen molar-refractivity contribution in [1.29, 1.82) is 0 Å². The first-order valence-corrected chi connectivity index (χ1v) is 6.04. The number of hydrogen-bond donors (Lipinski definition) is 2. The normalized spacial score (nSPS) is 11.3. The first-order chi connectivity index (χ1) is 8.35. The molecule has 0 unspecified atom stereocenters. The zero-order valence-electron chi connectivity index (χ0n) is 11.1. The lowest BCUT2D eigenvalue weighted by Gasteiger charge is -2.24. The van der Waals surface area contributed by atoms with E-state index >= 15 is 0 Å².